The van der Waals surface area contributed by atoms with Gasteiger partial charge in [0.05, 0.1) is 0 Å². The molecule has 0 saturated carbocycles. The minimum atomic E-state index is -0.155. The molecular weight excluding hydrogens is 476 g/mol. The Morgan fingerprint density at radius 1 is 0.462 bits per heavy atom. The molecule has 2 heteroatoms. The SMILES string of the molecule is Cc1cc(Cc2cc(C(C)(C)C)cc(C(C)(C)C)c2O)cc(Cc2cc(C(C)(C)C)cc(C(C)(C)C)c2O)c1. The average molecular weight is 529 g/mol. The van der Waals surface area contributed by atoms with E-state index in [4.69, 9.17) is 0 Å². The van der Waals surface area contributed by atoms with Crippen LogP contribution in [0.2, 0.25) is 0 Å². The lowest BCUT2D eigenvalue weighted by molar-refractivity contribution is 0.438. The Hall–Kier alpha value is -2.74. The van der Waals surface area contributed by atoms with Crippen LogP contribution in [0.3, 0.4) is 0 Å². The van der Waals surface area contributed by atoms with Crippen molar-refractivity contribution in [3.05, 3.63) is 92.5 Å². The largest absolute Gasteiger partial charge is 0.507 e. The Labute approximate surface area is 238 Å². The summed E-state index contributed by atoms with van der Waals surface area (Å²) in [7, 11) is 0. The van der Waals surface area contributed by atoms with Gasteiger partial charge in [-0.05, 0) is 73.1 Å². The van der Waals surface area contributed by atoms with Crippen molar-refractivity contribution in [2.75, 3.05) is 0 Å². The number of hydrogen-bond donors (Lipinski definition) is 2. The van der Waals surface area contributed by atoms with Gasteiger partial charge in [0.25, 0.3) is 0 Å². The number of benzene rings is 3. The summed E-state index contributed by atoms with van der Waals surface area (Å²) in [6.45, 7) is 28.4. The lowest BCUT2D eigenvalue weighted by Gasteiger charge is -2.28. The zero-order valence-electron chi connectivity index (χ0n) is 26.9. The van der Waals surface area contributed by atoms with Gasteiger partial charge in [-0.1, -0.05) is 131 Å². The second-order valence-corrected chi connectivity index (χ2v) is 15.7. The van der Waals surface area contributed by atoms with Crippen LogP contribution in [-0.4, -0.2) is 10.2 Å². The van der Waals surface area contributed by atoms with E-state index < -0.39 is 0 Å². The van der Waals surface area contributed by atoms with Gasteiger partial charge in [0.2, 0.25) is 0 Å². The summed E-state index contributed by atoms with van der Waals surface area (Å²) < 4.78 is 0. The van der Waals surface area contributed by atoms with Crippen molar-refractivity contribution in [2.45, 2.75) is 125 Å². The molecule has 0 aliphatic rings. The van der Waals surface area contributed by atoms with E-state index in [2.05, 4.69) is 132 Å². The highest BCUT2D eigenvalue weighted by Gasteiger charge is 2.26. The minimum absolute atomic E-state index is 0.0133. The van der Waals surface area contributed by atoms with Gasteiger partial charge in [-0.15, -0.1) is 0 Å². The average Bonchev–Trinajstić information content (AvgIpc) is 2.73. The van der Waals surface area contributed by atoms with Crippen LogP contribution in [0, 0.1) is 6.92 Å². The second kappa shape index (κ2) is 10.3. The fourth-order valence-corrected chi connectivity index (χ4v) is 5.26. The molecule has 3 aromatic carbocycles. The molecule has 0 unspecified atom stereocenters. The van der Waals surface area contributed by atoms with Crippen molar-refractivity contribution >= 4 is 0 Å². The molecule has 39 heavy (non-hydrogen) atoms. The summed E-state index contributed by atoms with van der Waals surface area (Å²) >= 11 is 0. The van der Waals surface area contributed by atoms with Gasteiger partial charge < -0.3 is 10.2 Å². The summed E-state index contributed by atoms with van der Waals surface area (Å²) in [5, 5.41) is 22.7. The Kier molecular flexibility index (Phi) is 8.17. The highest BCUT2D eigenvalue weighted by molar-refractivity contribution is 5.52. The predicted octanol–water partition coefficient (Wildman–Crippen LogP) is 9.78. The molecule has 0 spiro atoms. The van der Waals surface area contributed by atoms with Crippen molar-refractivity contribution in [3.8, 4) is 11.5 Å². The monoisotopic (exact) mass is 528 g/mol. The Morgan fingerprint density at radius 2 is 0.795 bits per heavy atom. The van der Waals surface area contributed by atoms with Crippen LogP contribution in [0.5, 0.6) is 11.5 Å². The number of aromatic hydroxyl groups is 2. The van der Waals surface area contributed by atoms with Gasteiger partial charge in [-0.2, -0.15) is 0 Å². The maximum Gasteiger partial charge on any atom is 0.122 e. The van der Waals surface area contributed by atoms with Gasteiger partial charge in [-0.3, -0.25) is 0 Å². The second-order valence-electron chi connectivity index (χ2n) is 15.7. The zero-order valence-corrected chi connectivity index (χ0v) is 26.9. The van der Waals surface area contributed by atoms with Gasteiger partial charge in [0.15, 0.2) is 0 Å². The van der Waals surface area contributed by atoms with Crippen molar-refractivity contribution in [1.29, 1.82) is 0 Å². The van der Waals surface area contributed by atoms with Crippen molar-refractivity contribution in [3.63, 3.8) is 0 Å². The first-order valence-corrected chi connectivity index (χ1v) is 14.4. The van der Waals surface area contributed by atoms with Crippen LogP contribution in [-0.2, 0) is 34.5 Å². The standard InChI is InChI=1S/C37H52O2/c1-23-14-24(17-26-19-28(34(2,3)4)21-30(32(26)38)36(8,9)10)16-25(15-23)18-27-20-29(35(5,6)7)22-31(33(27)39)37(11,12)13/h14-16,19-22,38-39H,17-18H2,1-13H3. The molecule has 0 amide bonds. The fraction of sp³-hybridized carbons (Fsp3) is 0.514. The van der Waals surface area contributed by atoms with E-state index in [1.165, 1.54) is 27.8 Å². The smallest absolute Gasteiger partial charge is 0.122 e. The first-order valence-electron chi connectivity index (χ1n) is 14.4. The maximum absolute atomic E-state index is 11.4. The Balaban J connectivity index is 2.10. The summed E-state index contributed by atoms with van der Waals surface area (Å²) in [6.07, 6.45) is 1.32. The molecule has 3 aromatic rings. The van der Waals surface area contributed by atoms with Crippen LogP contribution < -0.4 is 0 Å². The third-order valence-electron chi connectivity index (χ3n) is 7.71. The molecule has 0 aromatic heterocycles. The first kappa shape index (κ1) is 30.8. The van der Waals surface area contributed by atoms with E-state index in [9.17, 15) is 10.2 Å². The Bertz CT molecular complexity index is 1240. The number of aryl methyl sites for hydroxylation is 1. The van der Waals surface area contributed by atoms with E-state index in [-0.39, 0.29) is 21.7 Å². The molecule has 0 fully saturated rings. The molecule has 3 rings (SSSR count). The molecular formula is C37H52O2. The predicted molar refractivity (Wildman–Crippen MR) is 168 cm³/mol. The van der Waals surface area contributed by atoms with E-state index in [1.54, 1.807) is 0 Å². The molecule has 0 aliphatic carbocycles. The van der Waals surface area contributed by atoms with E-state index in [0.29, 0.717) is 24.3 Å². The van der Waals surface area contributed by atoms with E-state index >= 15 is 0 Å². The van der Waals surface area contributed by atoms with Gasteiger partial charge in [0, 0.05) is 12.8 Å². The Morgan fingerprint density at radius 3 is 1.08 bits per heavy atom. The molecule has 0 heterocycles. The molecule has 0 radical (unpaired) electrons. The van der Waals surface area contributed by atoms with E-state index in [0.717, 1.165) is 22.3 Å². The normalized spacial score (nSPS) is 13.2. The third kappa shape index (κ3) is 7.27. The molecule has 0 aliphatic heterocycles. The molecule has 2 nitrogen and oxygen atoms in total. The van der Waals surface area contributed by atoms with Gasteiger partial charge in [0.1, 0.15) is 11.5 Å². The topological polar surface area (TPSA) is 40.5 Å². The van der Waals surface area contributed by atoms with Crippen LogP contribution in [0.4, 0.5) is 0 Å². The quantitative estimate of drug-likeness (QED) is 0.354. The van der Waals surface area contributed by atoms with Gasteiger partial charge >= 0.3 is 0 Å². The number of rotatable bonds is 4. The lowest BCUT2D eigenvalue weighted by atomic mass is 9.78. The number of phenolic OH excluding ortho intramolecular Hbond substituents is 2. The third-order valence-corrected chi connectivity index (χ3v) is 7.71. The lowest BCUT2D eigenvalue weighted by Crippen LogP contribution is -2.17. The molecule has 0 bridgehead atoms. The molecule has 0 atom stereocenters. The molecule has 2 N–H and O–H groups in total. The summed E-state index contributed by atoms with van der Waals surface area (Å²) in [5.41, 5.74) is 9.62. The number of hydrogen-bond acceptors (Lipinski definition) is 2. The van der Waals surface area contributed by atoms with E-state index in [1.807, 2.05) is 0 Å². The molecule has 0 saturated heterocycles. The fourth-order valence-electron chi connectivity index (χ4n) is 5.26. The highest BCUT2D eigenvalue weighted by atomic mass is 16.3. The van der Waals surface area contributed by atoms with Crippen LogP contribution in [0.25, 0.3) is 0 Å². The summed E-state index contributed by atoms with van der Waals surface area (Å²) in [5.74, 6) is 0.813. The summed E-state index contributed by atoms with van der Waals surface area (Å²) in [4.78, 5) is 0. The van der Waals surface area contributed by atoms with Crippen molar-refractivity contribution in [1.82, 2.24) is 0 Å². The zero-order chi connectivity index (χ0) is 29.7. The van der Waals surface area contributed by atoms with Crippen LogP contribution >= 0.6 is 0 Å². The summed E-state index contributed by atoms with van der Waals surface area (Å²) in [6, 6.07) is 15.4. The van der Waals surface area contributed by atoms with Crippen molar-refractivity contribution in [2.24, 2.45) is 0 Å². The molecule has 212 valence electrons. The van der Waals surface area contributed by atoms with Crippen LogP contribution in [0.15, 0.2) is 42.5 Å². The highest BCUT2D eigenvalue weighted by Crippen LogP contribution is 2.40. The van der Waals surface area contributed by atoms with Crippen molar-refractivity contribution < 1.29 is 10.2 Å². The maximum atomic E-state index is 11.4. The first-order chi connectivity index (χ1) is 17.6. The minimum Gasteiger partial charge on any atom is -0.507 e. The number of phenols is 2. The van der Waals surface area contributed by atoms with Gasteiger partial charge in [-0.25, -0.2) is 0 Å². The van der Waals surface area contributed by atoms with Crippen LogP contribution in [0.1, 0.15) is 133 Å².